The third-order valence-corrected chi connectivity index (χ3v) is 3.01. The second-order valence-electron chi connectivity index (χ2n) is 4.78. The number of aromatic hydroxyl groups is 1. The van der Waals surface area contributed by atoms with Crippen LogP contribution < -0.4 is 15.4 Å². The van der Waals surface area contributed by atoms with Crippen molar-refractivity contribution < 1.29 is 19.4 Å². The van der Waals surface area contributed by atoms with Gasteiger partial charge in [0, 0.05) is 24.8 Å². The summed E-state index contributed by atoms with van der Waals surface area (Å²) in [5.74, 6) is 0.0939. The van der Waals surface area contributed by atoms with E-state index in [-0.39, 0.29) is 23.9 Å². The number of benzene rings is 1. The fourth-order valence-electron chi connectivity index (χ4n) is 1.78. The molecule has 0 radical (unpaired) electrons. The van der Waals surface area contributed by atoms with E-state index in [1.165, 1.54) is 13.2 Å². The van der Waals surface area contributed by atoms with Gasteiger partial charge in [-0.1, -0.05) is 0 Å². The highest BCUT2D eigenvalue weighted by Crippen LogP contribution is 2.28. The second-order valence-corrected chi connectivity index (χ2v) is 4.78. The minimum absolute atomic E-state index is 0.00896. The van der Waals surface area contributed by atoms with Gasteiger partial charge in [0.15, 0.2) is 11.5 Å². The third-order valence-electron chi connectivity index (χ3n) is 3.01. The molecule has 1 fully saturated rings. The van der Waals surface area contributed by atoms with Crippen LogP contribution in [-0.2, 0) is 9.53 Å². The zero-order chi connectivity index (χ0) is 13.9. The molecule has 1 aromatic carbocycles. The summed E-state index contributed by atoms with van der Waals surface area (Å²) < 4.78 is 10.4. The zero-order valence-corrected chi connectivity index (χ0v) is 11.0. The lowest BCUT2D eigenvalue weighted by Gasteiger charge is -2.38. The van der Waals surface area contributed by atoms with Gasteiger partial charge in [-0.3, -0.25) is 4.79 Å². The van der Waals surface area contributed by atoms with Crippen LogP contribution in [0.15, 0.2) is 18.2 Å². The number of carbonyl (C=O) groups excluding carboxylic acids is 1. The molecule has 1 amide bonds. The van der Waals surface area contributed by atoms with Gasteiger partial charge in [0.25, 0.3) is 0 Å². The van der Waals surface area contributed by atoms with Gasteiger partial charge >= 0.3 is 0 Å². The summed E-state index contributed by atoms with van der Waals surface area (Å²) in [6.07, 6.45) is 0. The molecule has 1 aliphatic rings. The van der Waals surface area contributed by atoms with Crippen molar-refractivity contribution in [2.45, 2.75) is 12.5 Å². The lowest BCUT2D eigenvalue weighted by Crippen LogP contribution is -2.59. The van der Waals surface area contributed by atoms with E-state index in [0.717, 1.165) is 13.1 Å². The van der Waals surface area contributed by atoms with E-state index in [1.54, 1.807) is 12.1 Å². The van der Waals surface area contributed by atoms with Gasteiger partial charge in [-0.25, -0.2) is 0 Å². The van der Waals surface area contributed by atoms with E-state index in [2.05, 4.69) is 10.6 Å². The van der Waals surface area contributed by atoms with Crippen molar-refractivity contribution in [1.29, 1.82) is 0 Å². The Labute approximate surface area is 111 Å². The molecule has 0 unspecified atom stereocenters. The standard InChI is InChI=1S/C13H18N2O4/c1-13(7-14-8-13)19-6-12(17)15-9-3-4-11(18-2)10(16)5-9/h3-5,14,16H,6-8H2,1-2H3,(H,15,17). The Hall–Kier alpha value is -1.79. The van der Waals surface area contributed by atoms with E-state index in [0.29, 0.717) is 11.4 Å². The smallest absolute Gasteiger partial charge is 0.250 e. The van der Waals surface area contributed by atoms with Gasteiger partial charge in [0.05, 0.1) is 12.7 Å². The summed E-state index contributed by atoms with van der Waals surface area (Å²) in [6, 6.07) is 4.68. The highest BCUT2D eigenvalue weighted by molar-refractivity contribution is 5.92. The molecule has 1 aromatic rings. The van der Waals surface area contributed by atoms with Crippen molar-refractivity contribution in [3.63, 3.8) is 0 Å². The fourth-order valence-corrected chi connectivity index (χ4v) is 1.78. The van der Waals surface area contributed by atoms with Gasteiger partial charge in [-0.2, -0.15) is 0 Å². The first-order valence-electron chi connectivity index (χ1n) is 6.04. The van der Waals surface area contributed by atoms with Gasteiger partial charge in [-0.15, -0.1) is 0 Å². The van der Waals surface area contributed by atoms with Crippen LogP contribution in [0.3, 0.4) is 0 Å². The minimum Gasteiger partial charge on any atom is -0.504 e. The second kappa shape index (κ2) is 5.46. The molecule has 0 bridgehead atoms. The lowest BCUT2D eigenvalue weighted by molar-refractivity contribution is -0.130. The van der Waals surface area contributed by atoms with Crippen LogP contribution in [0.4, 0.5) is 5.69 Å². The quantitative estimate of drug-likeness (QED) is 0.731. The van der Waals surface area contributed by atoms with Crippen LogP contribution in [0.1, 0.15) is 6.92 Å². The largest absolute Gasteiger partial charge is 0.504 e. The highest BCUT2D eigenvalue weighted by atomic mass is 16.5. The maximum Gasteiger partial charge on any atom is 0.250 e. The highest BCUT2D eigenvalue weighted by Gasteiger charge is 2.32. The zero-order valence-electron chi connectivity index (χ0n) is 11.0. The van der Waals surface area contributed by atoms with Crippen molar-refractivity contribution >= 4 is 11.6 Å². The van der Waals surface area contributed by atoms with Crippen LogP contribution in [0.25, 0.3) is 0 Å². The maximum absolute atomic E-state index is 11.7. The van der Waals surface area contributed by atoms with Crippen molar-refractivity contribution in [3.8, 4) is 11.5 Å². The Morgan fingerprint density at radius 2 is 2.26 bits per heavy atom. The van der Waals surface area contributed by atoms with Crippen molar-refractivity contribution in [2.24, 2.45) is 0 Å². The van der Waals surface area contributed by atoms with Crippen molar-refractivity contribution in [2.75, 3.05) is 32.1 Å². The molecule has 0 spiro atoms. The van der Waals surface area contributed by atoms with Gasteiger partial charge in [-0.05, 0) is 19.1 Å². The predicted octanol–water partition coefficient (Wildman–Crippen LogP) is 0.718. The Balaban J connectivity index is 1.86. The van der Waals surface area contributed by atoms with Crippen LogP contribution in [-0.4, -0.2) is 43.4 Å². The van der Waals surface area contributed by atoms with Gasteiger partial charge in [0.2, 0.25) is 5.91 Å². The maximum atomic E-state index is 11.7. The first kappa shape index (κ1) is 13.6. The van der Waals surface area contributed by atoms with E-state index in [1.807, 2.05) is 6.92 Å². The number of anilines is 1. The molecule has 19 heavy (non-hydrogen) atoms. The number of phenolic OH excluding ortho intramolecular Hbond substituents is 1. The van der Waals surface area contributed by atoms with Crippen LogP contribution in [0.2, 0.25) is 0 Å². The summed E-state index contributed by atoms with van der Waals surface area (Å²) in [7, 11) is 1.47. The number of methoxy groups -OCH3 is 1. The Morgan fingerprint density at radius 3 is 2.79 bits per heavy atom. The first-order chi connectivity index (χ1) is 9.02. The average Bonchev–Trinajstić information content (AvgIpc) is 2.34. The molecule has 0 atom stereocenters. The molecule has 2 rings (SSSR count). The molecule has 104 valence electrons. The summed E-state index contributed by atoms with van der Waals surface area (Å²) in [4.78, 5) is 11.7. The normalized spacial score (nSPS) is 16.5. The summed E-state index contributed by atoms with van der Waals surface area (Å²) in [5, 5.41) is 15.3. The molecule has 3 N–H and O–H groups in total. The molecular weight excluding hydrogens is 248 g/mol. The number of carbonyl (C=O) groups is 1. The molecule has 0 aliphatic carbocycles. The minimum atomic E-state index is -0.252. The van der Waals surface area contributed by atoms with Crippen LogP contribution in [0.5, 0.6) is 11.5 Å². The SMILES string of the molecule is COc1ccc(NC(=O)COC2(C)CNC2)cc1O. The molecule has 6 heteroatoms. The number of hydrogen-bond acceptors (Lipinski definition) is 5. The number of phenols is 1. The number of ether oxygens (including phenoxy) is 2. The fraction of sp³-hybridized carbons (Fsp3) is 0.462. The number of amides is 1. The third kappa shape index (κ3) is 3.36. The van der Waals surface area contributed by atoms with Gasteiger partial charge < -0.3 is 25.2 Å². The number of rotatable bonds is 5. The van der Waals surface area contributed by atoms with E-state index in [9.17, 15) is 9.90 Å². The molecule has 0 aromatic heterocycles. The van der Waals surface area contributed by atoms with Gasteiger partial charge in [0.1, 0.15) is 6.61 Å². The number of nitrogens with one attached hydrogen (secondary N) is 2. The Bertz CT molecular complexity index is 472. The molecule has 0 saturated carbocycles. The van der Waals surface area contributed by atoms with E-state index in [4.69, 9.17) is 9.47 Å². The molecule has 1 aliphatic heterocycles. The molecule has 6 nitrogen and oxygen atoms in total. The molecular formula is C13H18N2O4. The Kier molecular flexibility index (Phi) is 3.92. The van der Waals surface area contributed by atoms with Crippen molar-refractivity contribution in [1.82, 2.24) is 5.32 Å². The van der Waals surface area contributed by atoms with Crippen molar-refractivity contribution in [3.05, 3.63) is 18.2 Å². The average molecular weight is 266 g/mol. The van der Waals surface area contributed by atoms with E-state index < -0.39 is 0 Å². The van der Waals surface area contributed by atoms with Crippen LogP contribution in [0, 0.1) is 0 Å². The summed E-state index contributed by atoms with van der Waals surface area (Å²) in [6.45, 7) is 3.45. The first-order valence-corrected chi connectivity index (χ1v) is 6.04. The predicted molar refractivity (Wildman–Crippen MR) is 70.5 cm³/mol. The topological polar surface area (TPSA) is 79.8 Å². The summed E-state index contributed by atoms with van der Waals surface area (Å²) in [5.41, 5.74) is 0.253. The van der Waals surface area contributed by atoms with E-state index >= 15 is 0 Å². The molecule has 1 heterocycles. The monoisotopic (exact) mass is 266 g/mol. The molecule has 1 saturated heterocycles. The lowest BCUT2D eigenvalue weighted by atomic mass is 10.0. The number of hydrogen-bond donors (Lipinski definition) is 3. The van der Waals surface area contributed by atoms with Crippen LogP contribution >= 0.6 is 0 Å². The Morgan fingerprint density at radius 1 is 1.53 bits per heavy atom. The summed E-state index contributed by atoms with van der Waals surface area (Å²) >= 11 is 0.